The molecular weight excluding hydrogens is 271 g/mol. The summed E-state index contributed by atoms with van der Waals surface area (Å²) in [6.45, 7) is 0. The first kappa shape index (κ1) is 13.7. The monoisotopic (exact) mass is 279 g/mol. The molecule has 0 atom stereocenters. The summed E-state index contributed by atoms with van der Waals surface area (Å²) in [7, 11) is 0. The van der Waals surface area contributed by atoms with E-state index >= 15 is 0 Å². The normalized spacial score (nSPS) is 10.9. The van der Waals surface area contributed by atoms with Gasteiger partial charge >= 0.3 is 6.18 Å². The first-order valence-electron chi connectivity index (χ1n) is 5.42. The first-order chi connectivity index (χ1) is 9.40. The summed E-state index contributed by atoms with van der Waals surface area (Å²) in [6.07, 6.45) is -4.56. The minimum absolute atomic E-state index is 0.0912. The molecule has 0 aliphatic heterocycles. The number of nitrogens with zero attached hydrogens (tertiary/aromatic N) is 2. The molecule has 2 rings (SSSR count). The molecule has 102 valence electrons. The van der Waals surface area contributed by atoms with Crippen LogP contribution in [-0.2, 0) is 6.18 Å². The highest BCUT2D eigenvalue weighted by atomic mass is 19.4. The zero-order valence-electron chi connectivity index (χ0n) is 9.98. The van der Waals surface area contributed by atoms with Crippen molar-refractivity contribution in [1.82, 2.24) is 4.98 Å². The lowest BCUT2D eigenvalue weighted by molar-refractivity contribution is -0.141. The second kappa shape index (κ2) is 5.09. The van der Waals surface area contributed by atoms with Gasteiger partial charge in [-0.2, -0.15) is 18.4 Å². The van der Waals surface area contributed by atoms with Crippen LogP contribution in [0.4, 0.5) is 18.9 Å². The number of ether oxygens (including phenoxy) is 1. The standard InChI is InChI=1S/C13H8F3N3O/c14-13(15,16)11-2-1-3-12(19-11)20-10-5-4-9(18)6-8(10)7-17/h1-6H,18H2. The van der Waals surface area contributed by atoms with Crippen LogP contribution in [-0.4, -0.2) is 4.98 Å². The van der Waals surface area contributed by atoms with Gasteiger partial charge in [0.15, 0.2) is 0 Å². The Balaban J connectivity index is 2.34. The highest BCUT2D eigenvalue weighted by Gasteiger charge is 2.32. The number of alkyl halides is 3. The maximum atomic E-state index is 12.5. The molecule has 0 saturated heterocycles. The Labute approximate surface area is 112 Å². The fourth-order valence-electron chi connectivity index (χ4n) is 1.47. The maximum absolute atomic E-state index is 12.5. The van der Waals surface area contributed by atoms with Crippen LogP contribution in [0.3, 0.4) is 0 Å². The van der Waals surface area contributed by atoms with Crippen molar-refractivity contribution in [3.8, 4) is 17.7 Å². The van der Waals surface area contributed by atoms with E-state index in [4.69, 9.17) is 15.7 Å². The molecule has 0 radical (unpaired) electrons. The number of nitrogen functional groups attached to an aromatic ring is 1. The van der Waals surface area contributed by atoms with Gasteiger partial charge in [0.25, 0.3) is 0 Å². The van der Waals surface area contributed by atoms with Gasteiger partial charge in [0.2, 0.25) is 5.88 Å². The number of hydrogen-bond acceptors (Lipinski definition) is 4. The molecule has 1 aromatic heterocycles. The fourth-order valence-corrected chi connectivity index (χ4v) is 1.47. The third-order valence-electron chi connectivity index (χ3n) is 2.35. The van der Waals surface area contributed by atoms with Crippen molar-refractivity contribution in [2.24, 2.45) is 0 Å². The summed E-state index contributed by atoms with van der Waals surface area (Å²) in [5.74, 6) is -0.158. The van der Waals surface area contributed by atoms with Gasteiger partial charge in [0, 0.05) is 11.8 Å². The number of nitriles is 1. The zero-order chi connectivity index (χ0) is 14.8. The van der Waals surface area contributed by atoms with Gasteiger partial charge < -0.3 is 10.5 Å². The van der Waals surface area contributed by atoms with Gasteiger partial charge in [-0.3, -0.25) is 0 Å². The Morgan fingerprint density at radius 3 is 2.60 bits per heavy atom. The summed E-state index contributed by atoms with van der Waals surface area (Å²) in [5, 5.41) is 8.92. The van der Waals surface area contributed by atoms with Crippen molar-refractivity contribution in [3.05, 3.63) is 47.7 Å². The highest BCUT2D eigenvalue weighted by molar-refractivity contribution is 5.53. The van der Waals surface area contributed by atoms with E-state index in [2.05, 4.69) is 4.98 Å². The summed E-state index contributed by atoms with van der Waals surface area (Å²) >= 11 is 0. The number of halogens is 3. The fraction of sp³-hybridized carbons (Fsp3) is 0.0769. The van der Waals surface area contributed by atoms with Gasteiger partial charge in [-0.05, 0) is 24.3 Å². The van der Waals surface area contributed by atoms with Crippen LogP contribution in [0.15, 0.2) is 36.4 Å². The molecule has 0 bridgehead atoms. The summed E-state index contributed by atoms with van der Waals surface area (Å²) in [5.41, 5.74) is 4.91. The highest BCUT2D eigenvalue weighted by Crippen LogP contribution is 2.30. The number of hydrogen-bond donors (Lipinski definition) is 1. The van der Waals surface area contributed by atoms with Crippen LogP contribution < -0.4 is 10.5 Å². The molecule has 2 aromatic rings. The average Bonchev–Trinajstić information content (AvgIpc) is 2.40. The smallest absolute Gasteiger partial charge is 0.433 e. The van der Waals surface area contributed by atoms with E-state index in [0.29, 0.717) is 5.69 Å². The minimum Gasteiger partial charge on any atom is -0.438 e. The number of nitrogens with two attached hydrogens (primary N) is 1. The number of pyridine rings is 1. The van der Waals surface area contributed by atoms with Crippen molar-refractivity contribution in [2.75, 3.05) is 5.73 Å². The van der Waals surface area contributed by atoms with E-state index in [1.807, 2.05) is 6.07 Å². The predicted molar refractivity (Wildman–Crippen MR) is 64.9 cm³/mol. The third-order valence-corrected chi connectivity index (χ3v) is 2.35. The Hall–Kier alpha value is -2.75. The molecule has 2 N–H and O–H groups in total. The van der Waals surface area contributed by atoms with E-state index in [-0.39, 0.29) is 17.2 Å². The van der Waals surface area contributed by atoms with Crippen LogP contribution in [0.2, 0.25) is 0 Å². The van der Waals surface area contributed by atoms with Crippen molar-refractivity contribution in [3.63, 3.8) is 0 Å². The van der Waals surface area contributed by atoms with E-state index in [0.717, 1.165) is 6.07 Å². The average molecular weight is 279 g/mol. The third kappa shape index (κ3) is 2.98. The van der Waals surface area contributed by atoms with Crippen molar-refractivity contribution in [1.29, 1.82) is 5.26 Å². The lowest BCUT2D eigenvalue weighted by Crippen LogP contribution is -2.08. The maximum Gasteiger partial charge on any atom is 0.433 e. The largest absolute Gasteiger partial charge is 0.438 e. The van der Waals surface area contributed by atoms with E-state index in [9.17, 15) is 13.2 Å². The number of anilines is 1. The Morgan fingerprint density at radius 2 is 1.95 bits per heavy atom. The van der Waals surface area contributed by atoms with Crippen LogP contribution in [0.1, 0.15) is 11.3 Å². The number of rotatable bonds is 2. The Bertz CT molecular complexity index is 677. The molecule has 7 heteroatoms. The molecule has 0 saturated carbocycles. The molecule has 0 aliphatic carbocycles. The van der Waals surface area contributed by atoms with Gasteiger partial charge in [-0.25, -0.2) is 4.98 Å². The molecule has 0 amide bonds. The predicted octanol–water partition coefficient (Wildman–Crippen LogP) is 3.35. The zero-order valence-corrected chi connectivity index (χ0v) is 9.98. The SMILES string of the molecule is N#Cc1cc(N)ccc1Oc1cccc(C(F)(F)F)n1. The molecule has 1 heterocycles. The van der Waals surface area contributed by atoms with Crippen LogP contribution >= 0.6 is 0 Å². The lowest BCUT2D eigenvalue weighted by Gasteiger charge is -2.09. The molecule has 1 aromatic carbocycles. The summed E-state index contributed by atoms with van der Waals surface area (Å²) in [4.78, 5) is 3.35. The topological polar surface area (TPSA) is 71.9 Å². The van der Waals surface area contributed by atoms with Gasteiger partial charge in [-0.15, -0.1) is 0 Å². The molecule has 0 unspecified atom stereocenters. The van der Waals surface area contributed by atoms with E-state index in [1.54, 1.807) is 0 Å². The van der Waals surface area contributed by atoms with Crippen molar-refractivity contribution in [2.45, 2.75) is 6.18 Å². The van der Waals surface area contributed by atoms with Crippen LogP contribution in [0, 0.1) is 11.3 Å². The van der Waals surface area contributed by atoms with Gasteiger partial charge in [0.05, 0.1) is 5.56 Å². The Morgan fingerprint density at radius 1 is 1.20 bits per heavy atom. The molecule has 0 fully saturated rings. The molecule has 0 spiro atoms. The second-order valence-electron chi connectivity index (χ2n) is 3.83. The molecular formula is C13H8F3N3O. The quantitative estimate of drug-likeness (QED) is 0.856. The van der Waals surface area contributed by atoms with Crippen molar-refractivity contribution < 1.29 is 17.9 Å². The summed E-state index contributed by atoms with van der Waals surface area (Å²) in [6, 6.07) is 9.37. The number of benzene rings is 1. The second-order valence-corrected chi connectivity index (χ2v) is 3.83. The van der Waals surface area contributed by atoms with Crippen LogP contribution in [0.25, 0.3) is 0 Å². The van der Waals surface area contributed by atoms with Gasteiger partial charge in [0.1, 0.15) is 17.5 Å². The summed E-state index contributed by atoms with van der Waals surface area (Å²) < 4.78 is 42.8. The first-order valence-corrected chi connectivity index (χ1v) is 5.42. The lowest BCUT2D eigenvalue weighted by atomic mass is 10.2. The minimum atomic E-state index is -4.56. The van der Waals surface area contributed by atoms with Crippen molar-refractivity contribution >= 4 is 5.69 Å². The molecule has 4 nitrogen and oxygen atoms in total. The molecule has 0 aliphatic rings. The van der Waals surface area contributed by atoms with Crippen LogP contribution in [0.5, 0.6) is 11.6 Å². The van der Waals surface area contributed by atoms with Gasteiger partial charge in [-0.1, -0.05) is 6.07 Å². The number of aromatic nitrogens is 1. The van der Waals surface area contributed by atoms with E-state index in [1.165, 1.54) is 30.3 Å². The molecule has 20 heavy (non-hydrogen) atoms. The Kier molecular flexibility index (Phi) is 3.48. The van der Waals surface area contributed by atoms with E-state index < -0.39 is 11.9 Å².